The molecule has 0 aromatic heterocycles. The molecular formula is C13H20O4. The molecule has 0 radical (unpaired) electrons. The maximum absolute atomic E-state index is 11.8. The van der Waals surface area contributed by atoms with Crippen molar-refractivity contribution in [1.29, 1.82) is 0 Å². The van der Waals surface area contributed by atoms with Gasteiger partial charge in [0.25, 0.3) is 0 Å². The van der Waals surface area contributed by atoms with Crippen molar-refractivity contribution in [3.8, 4) is 0 Å². The van der Waals surface area contributed by atoms with Gasteiger partial charge in [0, 0.05) is 6.42 Å². The Hall–Kier alpha value is -1.06. The third-order valence-corrected chi connectivity index (χ3v) is 4.11. The molecule has 0 amide bonds. The number of hydrogen-bond donors (Lipinski definition) is 0. The van der Waals surface area contributed by atoms with Gasteiger partial charge >= 0.3 is 11.9 Å². The average Bonchev–Trinajstić information content (AvgIpc) is 2.62. The number of ether oxygens (including phenoxy) is 2. The van der Waals surface area contributed by atoms with E-state index in [1.807, 2.05) is 20.8 Å². The van der Waals surface area contributed by atoms with Crippen LogP contribution >= 0.6 is 0 Å². The van der Waals surface area contributed by atoms with Crippen LogP contribution in [0.25, 0.3) is 0 Å². The van der Waals surface area contributed by atoms with Crippen LogP contribution in [-0.2, 0) is 19.1 Å². The summed E-state index contributed by atoms with van der Waals surface area (Å²) in [7, 11) is 0. The molecule has 1 aliphatic carbocycles. The molecule has 0 aromatic carbocycles. The lowest BCUT2D eigenvalue weighted by atomic mass is 9.79. The van der Waals surface area contributed by atoms with Crippen molar-refractivity contribution in [1.82, 2.24) is 0 Å². The molecule has 96 valence electrons. The van der Waals surface area contributed by atoms with Gasteiger partial charge in [-0.2, -0.15) is 0 Å². The molecule has 1 aliphatic heterocycles. The fraction of sp³-hybridized carbons (Fsp3) is 0.846. The van der Waals surface area contributed by atoms with E-state index in [-0.39, 0.29) is 29.9 Å². The first kappa shape index (κ1) is 12.4. The summed E-state index contributed by atoms with van der Waals surface area (Å²) in [5, 5.41) is 0. The van der Waals surface area contributed by atoms with Gasteiger partial charge in [-0.15, -0.1) is 0 Å². The van der Waals surface area contributed by atoms with E-state index in [1.165, 1.54) is 0 Å². The largest absolute Gasteiger partial charge is 0.458 e. The van der Waals surface area contributed by atoms with Crippen LogP contribution < -0.4 is 0 Å². The van der Waals surface area contributed by atoms with Crippen molar-refractivity contribution in [2.75, 3.05) is 0 Å². The Balaban J connectivity index is 2.04. The monoisotopic (exact) mass is 240 g/mol. The summed E-state index contributed by atoms with van der Waals surface area (Å²) >= 11 is 0. The Labute approximate surface area is 102 Å². The van der Waals surface area contributed by atoms with Gasteiger partial charge in [-0.1, -0.05) is 13.8 Å². The second-order valence-corrected chi connectivity index (χ2v) is 5.44. The number of esters is 2. The molecule has 2 aliphatic rings. The molecule has 2 bridgehead atoms. The topological polar surface area (TPSA) is 52.6 Å². The van der Waals surface area contributed by atoms with E-state index in [0.717, 1.165) is 19.3 Å². The number of fused-ring (bicyclic) bond motifs is 2. The summed E-state index contributed by atoms with van der Waals surface area (Å²) in [6.45, 7) is 5.70. The zero-order chi connectivity index (χ0) is 12.6. The van der Waals surface area contributed by atoms with Gasteiger partial charge < -0.3 is 9.47 Å². The lowest BCUT2D eigenvalue weighted by Crippen LogP contribution is -2.46. The van der Waals surface area contributed by atoms with Crippen LogP contribution in [0.5, 0.6) is 0 Å². The molecule has 1 saturated carbocycles. The molecule has 4 nitrogen and oxygen atoms in total. The zero-order valence-corrected chi connectivity index (χ0v) is 10.7. The summed E-state index contributed by atoms with van der Waals surface area (Å²) in [5.41, 5.74) is -0.622. The fourth-order valence-electron chi connectivity index (χ4n) is 2.48. The molecule has 0 aromatic rings. The van der Waals surface area contributed by atoms with Crippen LogP contribution in [-0.4, -0.2) is 23.6 Å². The van der Waals surface area contributed by atoms with E-state index in [9.17, 15) is 9.59 Å². The molecule has 4 heteroatoms. The van der Waals surface area contributed by atoms with Crippen LogP contribution in [0.2, 0.25) is 0 Å². The van der Waals surface area contributed by atoms with Crippen LogP contribution in [0.3, 0.4) is 0 Å². The second-order valence-electron chi connectivity index (χ2n) is 5.44. The van der Waals surface area contributed by atoms with Crippen LogP contribution in [0.4, 0.5) is 0 Å². The highest BCUT2D eigenvalue weighted by Gasteiger charge is 2.52. The van der Waals surface area contributed by atoms with Gasteiger partial charge in [-0.3, -0.25) is 9.59 Å². The van der Waals surface area contributed by atoms with E-state index in [0.29, 0.717) is 6.42 Å². The lowest BCUT2D eigenvalue weighted by Gasteiger charge is -2.36. The quantitative estimate of drug-likeness (QED) is 0.708. The van der Waals surface area contributed by atoms with E-state index in [2.05, 4.69) is 0 Å². The highest BCUT2D eigenvalue weighted by Crippen LogP contribution is 2.42. The first-order chi connectivity index (χ1) is 7.96. The lowest BCUT2D eigenvalue weighted by molar-refractivity contribution is -0.180. The first-order valence-corrected chi connectivity index (χ1v) is 6.39. The van der Waals surface area contributed by atoms with Crippen molar-refractivity contribution >= 4 is 11.9 Å². The normalized spacial score (nSPS) is 37.5. The van der Waals surface area contributed by atoms with E-state index in [1.54, 1.807) is 0 Å². The number of hydrogen-bond acceptors (Lipinski definition) is 4. The van der Waals surface area contributed by atoms with Gasteiger partial charge in [0.05, 0.1) is 11.8 Å². The van der Waals surface area contributed by atoms with Crippen LogP contribution in [0.1, 0.15) is 46.5 Å². The van der Waals surface area contributed by atoms with Gasteiger partial charge in [-0.05, 0) is 26.2 Å². The molecule has 2 fully saturated rings. The maximum atomic E-state index is 11.8. The smallest absolute Gasteiger partial charge is 0.309 e. The summed E-state index contributed by atoms with van der Waals surface area (Å²) in [5.74, 6) is -0.383. The van der Waals surface area contributed by atoms with E-state index < -0.39 is 5.60 Å². The number of rotatable bonds is 3. The second kappa shape index (κ2) is 4.31. The summed E-state index contributed by atoms with van der Waals surface area (Å²) in [4.78, 5) is 23.3. The highest BCUT2D eigenvalue weighted by molar-refractivity contribution is 5.76. The third-order valence-electron chi connectivity index (χ3n) is 4.11. The van der Waals surface area contributed by atoms with Gasteiger partial charge in [0.2, 0.25) is 0 Å². The minimum atomic E-state index is -0.622. The summed E-state index contributed by atoms with van der Waals surface area (Å²) in [6.07, 6.45) is 2.70. The summed E-state index contributed by atoms with van der Waals surface area (Å²) < 4.78 is 10.9. The molecule has 1 saturated heterocycles. The van der Waals surface area contributed by atoms with Crippen LogP contribution in [0, 0.1) is 11.8 Å². The van der Waals surface area contributed by atoms with Crippen molar-refractivity contribution in [3.05, 3.63) is 0 Å². The molecular weight excluding hydrogens is 220 g/mol. The molecule has 0 N–H and O–H groups in total. The Morgan fingerprint density at radius 3 is 3.00 bits per heavy atom. The molecule has 2 rings (SSSR count). The predicted molar refractivity (Wildman–Crippen MR) is 61.2 cm³/mol. The van der Waals surface area contributed by atoms with Crippen molar-refractivity contribution < 1.29 is 19.1 Å². The zero-order valence-electron chi connectivity index (χ0n) is 10.7. The minimum absolute atomic E-state index is 0.0235. The highest BCUT2D eigenvalue weighted by atomic mass is 16.6. The van der Waals surface area contributed by atoms with Gasteiger partial charge in [0.1, 0.15) is 11.7 Å². The predicted octanol–water partition coefficient (Wildman–Crippen LogP) is 2.06. The first-order valence-electron chi connectivity index (χ1n) is 6.39. The van der Waals surface area contributed by atoms with Crippen molar-refractivity contribution in [3.63, 3.8) is 0 Å². The van der Waals surface area contributed by atoms with E-state index in [4.69, 9.17) is 9.47 Å². The van der Waals surface area contributed by atoms with Crippen molar-refractivity contribution in [2.24, 2.45) is 11.8 Å². The van der Waals surface area contributed by atoms with E-state index >= 15 is 0 Å². The van der Waals surface area contributed by atoms with Crippen molar-refractivity contribution in [2.45, 2.75) is 58.2 Å². The summed E-state index contributed by atoms with van der Waals surface area (Å²) in [6, 6.07) is 0. The third kappa shape index (κ3) is 2.17. The Kier molecular flexibility index (Phi) is 3.15. The maximum Gasteiger partial charge on any atom is 0.309 e. The number of carbonyl (C=O) groups is 2. The Morgan fingerprint density at radius 2 is 2.35 bits per heavy atom. The molecule has 17 heavy (non-hydrogen) atoms. The SMILES string of the molecule is CCC(C)C(=O)OC1(C)CCC2CC1OC2=O. The number of carbonyl (C=O) groups excluding carboxylic acids is 2. The standard InChI is InChI=1S/C13H20O4/c1-4-8(2)11(14)17-13(3)6-5-9-7-10(13)16-12(9)15/h8-10H,4-7H2,1-3H3. The Bertz CT molecular complexity index is 338. The molecule has 0 spiro atoms. The average molecular weight is 240 g/mol. The fourth-order valence-corrected chi connectivity index (χ4v) is 2.48. The molecule has 4 unspecified atom stereocenters. The Morgan fingerprint density at radius 1 is 1.65 bits per heavy atom. The minimum Gasteiger partial charge on any atom is -0.458 e. The van der Waals surface area contributed by atoms with Gasteiger partial charge in [-0.25, -0.2) is 0 Å². The van der Waals surface area contributed by atoms with Gasteiger partial charge in [0.15, 0.2) is 0 Å². The molecule has 4 atom stereocenters. The van der Waals surface area contributed by atoms with Crippen LogP contribution in [0.15, 0.2) is 0 Å². The molecule has 1 heterocycles.